The zero-order valence-electron chi connectivity index (χ0n) is 18.3. The van der Waals surface area contributed by atoms with Crippen molar-refractivity contribution in [3.63, 3.8) is 0 Å². The summed E-state index contributed by atoms with van der Waals surface area (Å²) in [6.45, 7) is 0. The molecule has 3 aromatic rings. The number of hydrogen-bond donors (Lipinski definition) is 2. The molecule has 35 heavy (non-hydrogen) atoms. The monoisotopic (exact) mass is 519 g/mol. The molecule has 2 aromatic heterocycles. The van der Waals surface area contributed by atoms with Crippen molar-refractivity contribution in [1.29, 1.82) is 0 Å². The molecule has 1 saturated heterocycles. The van der Waals surface area contributed by atoms with Gasteiger partial charge in [-0.1, -0.05) is 6.07 Å². The first-order valence-corrected chi connectivity index (χ1v) is 11.8. The molecule has 3 heterocycles. The number of carbonyl (C=O) groups excluding carboxylic acids is 4. The molecule has 1 aliphatic heterocycles. The van der Waals surface area contributed by atoms with Crippen LogP contribution in [0.3, 0.4) is 0 Å². The number of carbonyl (C=O) groups is 4. The maximum absolute atomic E-state index is 14.2. The molecule has 4 rings (SSSR count). The van der Waals surface area contributed by atoms with E-state index < -0.39 is 41.7 Å². The number of amides is 4. The molecule has 1 aromatic carbocycles. The lowest BCUT2D eigenvalue weighted by molar-refractivity contribution is -0.134. The topological polar surface area (TPSA) is 140 Å². The number of anilines is 1. The smallest absolute Gasteiger partial charge is 0.357 e. The van der Waals surface area contributed by atoms with Crippen LogP contribution in [0.2, 0.25) is 0 Å². The molecular weight excluding hydrogens is 501 g/mol. The van der Waals surface area contributed by atoms with Crippen molar-refractivity contribution in [2.45, 2.75) is 18.5 Å². The van der Waals surface area contributed by atoms with Gasteiger partial charge in [-0.15, -0.1) is 22.7 Å². The second-order valence-electron chi connectivity index (χ2n) is 7.20. The fraction of sp³-hybridized carbons (Fsp3) is 0.238. The second kappa shape index (κ2) is 10.1. The van der Waals surface area contributed by atoms with E-state index in [9.17, 15) is 23.6 Å². The first kappa shape index (κ1) is 24.2. The van der Waals surface area contributed by atoms with E-state index in [1.165, 1.54) is 43.1 Å². The van der Waals surface area contributed by atoms with Crippen molar-refractivity contribution in [2.24, 2.45) is 0 Å². The van der Waals surface area contributed by atoms with Gasteiger partial charge in [-0.3, -0.25) is 9.59 Å². The molecule has 2 N–H and O–H groups in total. The summed E-state index contributed by atoms with van der Waals surface area (Å²) in [4.78, 5) is 59.9. The van der Waals surface area contributed by atoms with Gasteiger partial charge in [-0.2, -0.15) is 0 Å². The van der Waals surface area contributed by atoms with Crippen molar-refractivity contribution in [3.05, 3.63) is 57.2 Å². The summed E-state index contributed by atoms with van der Waals surface area (Å²) in [7, 11) is 2.51. The predicted molar refractivity (Wildman–Crippen MR) is 123 cm³/mol. The van der Waals surface area contributed by atoms with Crippen LogP contribution in [0.1, 0.15) is 27.8 Å². The number of thiazole rings is 2. The number of benzene rings is 1. The third-order valence-electron chi connectivity index (χ3n) is 5.11. The molecule has 1 fully saturated rings. The van der Waals surface area contributed by atoms with Crippen LogP contribution in [-0.2, 0) is 20.7 Å². The zero-order chi connectivity index (χ0) is 25.1. The number of urea groups is 1. The van der Waals surface area contributed by atoms with Gasteiger partial charge in [0.2, 0.25) is 5.91 Å². The molecule has 11 nitrogen and oxygen atoms in total. The summed E-state index contributed by atoms with van der Waals surface area (Å²) in [6, 6.07) is 0.579. The second-order valence-corrected chi connectivity index (χ2v) is 8.78. The summed E-state index contributed by atoms with van der Waals surface area (Å²) in [5.74, 6) is -2.84. The van der Waals surface area contributed by atoms with Gasteiger partial charge < -0.3 is 20.1 Å². The lowest BCUT2D eigenvalue weighted by Crippen LogP contribution is -2.49. The van der Waals surface area contributed by atoms with Crippen molar-refractivity contribution in [1.82, 2.24) is 20.2 Å². The van der Waals surface area contributed by atoms with Crippen molar-refractivity contribution < 1.29 is 33.0 Å². The van der Waals surface area contributed by atoms with E-state index in [0.717, 1.165) is 22.3 Å². The van der Waals surface area contributed by atoms with Crippen LogP contribution in [-0.4, -0.2) is 58.9 Å². The Hall–Kier alpha value is -3.91. The first-order valence-electron chi connectivity index (χ1n) is 10.0. The van der Waals surface area contributed by atoms with Crippen LogP contribution in [0.15, 0.2) is 34.5 Å². The minimum atomic E-state index is -1.29. The van der Waals surface area contributed by atoms with Gasteiger partial charge >= 0.3 is 12.0 Å². The van der Waals surface area contributed by atoms with Gasteiger partial charge in [0.1, 0.15) is 12.1 Å². The molecule has 2 atom stereocenters. The number of hydrogen-bond acceptors (Lipinski definition) is 10. The molecule has 0 aliphatic carbocycles. The van der Waals surface area contributed by atoms with E-state index in [0.29, 0.717) is 5.69 Å². The summed E-state index contributed by atoms with van der Waals surface area (Å²) in [5.41, 5.74) is 2.24. The van der Waals surface area contributed by atoms with Gasteiger partial charge in [0.05, 0.1) is 25.4 Å². The van der Waals surface area contributed by atoms with Crippen LogP contribution >= 0.6 is 22.7 Å². The summed E-state index contributed by atoms with van der Waals surface area (Å²) in [6.07, 6.45) is -0.0621. The number of aromatic nitrogens is 2. The van der Waals surface area contributed by atoms with E-state index >= 15 is 0 Å². The Morgan fingerprint density at radius 1 is 1.29 bits per heavy atom. The van der Waals surface area contributed by atoms with Crippen LogP contribution in [0.4, 0.5) is 14.3 Å². The highest BCUT2D eigenvalue weighted by Crippen LogP contribution is 2.29. The first-order chi connectivity index (χ1) is 16.8. The van der Waals surface area contributed by atoms with Crippen molar-refractivity contribution in [3.8, 4) is 5.75 Å². The molecule has 0 saturated carbocycles. The van der Waals surface area contributed by atoms with Crippen molar-refractivity contribution in [2.75, 3.05) is 19.5 Å². The molecule has 2 unspecified atom stereocenters. The number of esters is 1. The van der Waals surface area contributed by atoms with Gasteiger partial charge in [0.15, 0.2) is 22.4 Å². The van der Waals surface area contributed by atoms with Crippen LogP contribution in [0.25, 0.3) is 0 Å². The SMILES string of the molecule is COC(=O)c1csc(NC(=O)C(Cc2cscn2)N2C(=O)NC(c3ccc(OC)c(F)c3)C2=O)n1. The summed E-state index contributed by atoms with van der Waals surface area (Å²) < 4.78 is 23.7. The number of nitrogens with zero attached hydrogens (tertiary/aromatic N) is 3. The predicted octanol–water partition coefficient (Wildman–Crippen LogP) is 2.38. The number of rotatable bonds is 8. The minimum Gasteiger partial charge on any atom is -0.494 e. The molecule has 14 heteroatoms. The average molecular weight is 520 g/mol. The molecule has 4 amide bonds. The zero-order valence-corrected chi connectivity index (χ0v) is 19.9. The number of ether oxygens (including phenoxy) is 2. The Bertz CT molecular complexity index is 1280. The highest BCUT2D eigenvalue weighted by molar-refractivity contribution is 7.14. The molecule has 0 radical (unpaired) electrons. The van der Waals surface area contributed by atoms with E-state index in [2.05, 4.69) is 25.3 Å². The van der Waals surface area contributed by atoms with Gasteiger partial charge in [0.25, 0.3) is 5.91 Å². The maximum Gasteiger partial charge on any atom is 0.357 e. The minimum absolute atomic E-state index is 0.000407. The highest BCUT2D eigenvalue weighted by atomic mass is 32.1. The van der Waals surface area contributed by atoms with Crippen LogP contribution in [0.5, 0.6) is 5.75 Å². The van der Waals surface area contributed by atoms with E-state index in [1.807, 2.05) is 0 Å². The number of nitrogens with one attached hydrogen (secondary N) is 2. The fourth-order valence-electron chi connectivity index (χ4n) is 3.43. The molecule has 0 spiro atoms. The third-order valence-corrected chi connectivity index (χ3v) is 6.50. The fourth-order valence-corrected chi connectivity index (χ4v) is 4.69. The van der Waals surface area contributed by atoms with E-state index in [1.54, 1.807) is 10.9 Å². The Balaban J connectivity index is 1.60. The largest absolute Gasteiger partial charge is 0.494 e. The maximum atomic E-state index is 14.2. The quantitative estimate of drug-likeness (QED) is 0.342. The van der Waals surface area contributed by atoms with Crippen molar-refractivity contribution >= 4 is 51.6 Å². The lowest BCUT2D eigenvalue weighted by atomic mass is 10.0. The van der Waals surface area contributed by atoms with Gasteiger partial charge in [-0.25, -0.2) is 28.8 Å². The Labute approximate surface area is 205 Å². The third kappa shape index (κ3) is 4.97. The van der Waals surface area contributed by atoms with Gasteiger partial charge in [0, 0.05) is 17.2 Å². The molecule has 182 valence electrons. The summed E-state index contributed by atoms with van der Waals surface area (Å²) in [5, 5.41) is 8.21. The van der Waals surface area contributed by atoms with Crippen LogP contribution < -0.4 is 15.4 Å². The van der Waals surface area contributed by atoms with Gasteiger partial charge in [-0.05, 0) is 17.7 Å². The standard InChI is InChI=1S/C21H18FN5O6S2/c1-32-15-4-3-10(5-12(15)22)16-18(29)27(21(31)25-16)14(6-11-7-34-9-23-11)17(28)26-20-24-13(8-35-20)19(30)33-2/h3-5,7-9,14,16H,6H2,1-2H3,(H,25,31)(H,24,26,28). The van der Waals surface area contributed by atoms with E-state index in [-0.39, 0.29) is 28.6 Å². The average Bonchev–Trinajstić information content (AvgIpc) is 3.58. The Morgan fingerprint density at radius 2 is 2.09 bits per heavy atom. The number of methoxy groups -OCH3 is 2. The summed E-state index contributed by atoms with van der Waals surface area (Å²) >= 11 is 2.27. The highest BCUT2D eigenvalue weighted by Gasteiger charge is 2.45. The Morgan fingerprint density at radius 3 is 2.74 bits per heavy atom. The normalized spacial score (nSPS) is 16.1. The molecule has 1 aliphatic rings. The Kier molecular flexibility index (Phi) is 7.02. The number of halogens is 1. The van der Waals surface area contributed by atoms with Crippen LogP contribution in [0, 0.1) is 5.82 Å². The number of imide groups is 1. The lowest BCUT2D eigenvalue weighted by Gasteiger charge is -2.23. The molecular formula is C21H18FN5O6S2. The molecule has 0 bridgehead atoms. The van der Waals surface area contributed by atoms with E-state index in [4.69, 9.17) is 4.74 Å².